The fraction of sp³-hybridized carbons (Fsp3) is 0.684. The minimum absolute atomic E-state index is 0.459. The van der Waals surface area contributed by atoms with E-state index in [1.165, 1.54) is 54.4 Å². The van der Waals surface area contributed by atoms with Crippen LogP contribution in [0.25, 0.3) is 0 Å². The van der Waals surface area contributed by atoms with Crippen LogP contribution in [0.5, 0.6) is 0 Å². The third-order valence-corrected chi connectivity index (χ3v) is 5.00. The Labute approximate surface area is 125 Å². The molecule has 3 unspecified atom stereocenters. The highest BCUT2D eigenvalue weighted by Crippen LogP contribution is 2.28. The van der Waals surface area contributed by atoms with Crippen molar-refractivity contribution in [1.29, 1.82) is 0 Å². The Bertz CT molecular complexity index is 426. The van der Waals surface area contributed by atoms with Crippen LogP contribution in [-0.2, 0) is 0 Å². The van der Waals surface area contributed by atoms with Crippen molar-refractivity contribution < 1.29 is 0 Å². The van der Waals surface area contributed by atoms with E-state index in [1.807, 2.05) is 0 Å². The Morgan fingerprint density at radius 1 is 1.00 bits per heavy atom. The van der Waals surface area contributed by atoms with Crippen LogP contribution >= 0.6 is 0 Å². The largest absolute Gasteiger partial charge is 0.307 e. The van der Waals surface area contributed by atoms with Gasteiger partial charge in [0, 0.05) is 12.1 Å². The highest BCUT2D eigenvalue weighted by molar-refractivity contribution is 5.39. The number of hydrogen-bond acceptors (Lipinski definition) is 1. The van der Waals surface area contributed by atoms with Gasteiger partial charge < -0.3 is 5.32 Å². The summed E-state index contributed by atoms with van der Waals surface area (Å²) in [4.78, 5) is 0. The third-order valence-electron chi connectivity index (χ3n) is 5.00. The van der Waals surface area contributed by atoms with Crippen molar-refractivity contribution in [2.45, 2.75) is 78.8 Å². The molecule has 0 radical (unpaired) electrons. The highest BCUT2D eigenvalue weighted by Gasteiger charge is 2.22. The van der Waals surface area contributed by atoms with Gasteiger partial charge >= 0.3 is 0 Å². The zero-order valence-corrected chi connectivity index (χ0v) is 13.9. The van der Waals surface area contributed by atoms with E-state index in [2.05, 4.69) is 52.1 Å². The van der Waals surface area contributed by atoms with E-state index >= 15 is 0 Å². The lowest BCUT2D eigenvalue weighted by molar-refractivity contribution is 0.329. The van der Waals surface area contributed by atoms with Gasteiger partial charge in [-0.1, -0.05) is 43.9 Å². The van der Waals surface area contributed by atoms with Crippen molar-refractivity contribution in [1.82, 2.24) is 5.32 Å². The normalized spacial score (nSPS) is 25.2. The average Bonchev–Trinajstić information content (AvgIpc) is 2.53. The summed E-state index contributed by atoms with van der Waals surface area (Å²) >= 11 is 0. The quantitative estimate of drug-likeness (QED) is 0.743. The van der Waals surface area contributed by atoms with Crippen molar-refractivity contribution in [3.05, 3.63) is 34.4 Å². The van der Waals surface area contributed by atoms with E-state index in [0.29, 0.717) is 12.1 Å². The molecule has 20 heavy (non-hydrogen) atoms. The minimum atomic E-state index is 0.459. The van der Waals surface area contributed by atoms with Crippen molar-refractivity contribution in [2.75, 3.05) is 0 Å². The summed E-state index contributed by atoms with van der Waals surface area (Å²) in [5, 5.41) is 3.93. The smallest absolute Gasteiger partial charge is 0.0299 e. The Kier molecular flexibility index (Phi) is 5.26. The lowest BCUT2D eigenvalue weighted by Crippen LogP contribution is -2.36. The van der Waals surface area contributed by atoms with Gasteiger partial charge in [0.05, 0.1) is 0 Å². The van der Waals surface area contributed by atoms with Crippen molar-refractivity contribution in [2.24, 2.45) is 5.92 Å². The van der Waals surface area contributed by atoms with E-state index in [-0.39, 0.29) is 0 Å². The first-order valence-corrected chi connectivity index (χ1v) is 8.33. The van der Waals surface area contributed by atoms with Crippen LogP contribution in [0.3, 0.4) is 0 Å². The van der Waals surface area contributed by atoms with Crippen LogP contribution in [0.4, 0.5) is 0 Å². The van der Waals surface area contributed by atoms with Crippen molar-refractivity contribution >= 4 is 0 Å². The Morgan fingerprint density at radius 2 is 1.60 bits per heavy atom. The first kappa shape index (κ1) is 15.6. The second kappa shape index (κ2) is 6.76. The Hall–Kier alpha value is -0.820. The molecule has 1 heteroatoms. The van der Waals surface area contributed by atoms with Crippen molar-refractivity contribution in [3.8, 4) is 0 Å². The van der Waals surface area contributed by atoms with Gasteiger partial charge in [0.1, 0.15) is 0 Å². The molecule has 1 nitrogen and oxygen atoms in total. The van der Waals surface area contributed by atoms with Crippen LogP contribution in [0.2, 0.25) is 0 Å². The minimum Gasteiger partial charge on any atom is -0.307 e. The number of benzene rings is 1. The molecular formula is C19H31N. The van der Waals surface area contributed by atoms with Gasteiger partial charge in [-0.3, -0.25) is 0 Å². The molecule has 112 valence electrons. The highest BCUT2D eigenvalue weighted by atomic mass is 15.0. The summed E-state index contributed by atoms with van der Waals surface area (Å²) in [6.07, 6.45) is 6.95. The van der Waals surface area contributed by atoms with Gasteiger partial charge in [-0.15, -0.1) is 0 Å². The predicted octanol–water partition coefficient (Wildman–Crippen LogP) is 5.23. The van der Waals surface area contributed by atoms with Gasteiger partial charge in [-0.2, -0.15) is 0 Å². The van der Waals surface area contributed by atoms with Crippen LogP contribution in [0, 0.1) is 26.7 Å². The molecule has 0 saturated heterocycles. The van der Waals surface area contributed by atoms with Gasteiger partial charge in [-0.25, -0.2) is 0 Å². The molecule has 3 atom stereocenters. The molecule has 0 heterocycles. The fourth-order valence-corrected chi connectivity index (χ4v) is 4.02. The number of aryl methyl sites for hydroxylation is 3. The molecule has 0 amide bonds. The number of nitrogens with one attached hydrogen (secondary N) is 1. The van der Waals surface area contributed by atoms with E-state index in [9.17, 15) is 0 Å². The number of hydrogen-bond donors (Lipinski definition) is 1. The molecule has 2 rings (SSSR count). The molecule has 0 aliphatic heterocycles. The molecule has 1 N–H and O–H groups in total. The summed E-state index contributed by atoms with van der Waals surface area (Å²) < 4.78 is 0. The zero-order valence-electron chi connectivity index (χ0n) is 13.9. The third kappa shape index (κ3) is 3.63. The first-order valence-electron chi connectivity index (χ1n) is 8.33. The van der Waals surface area contributed by atoms with Gasteiger partial charge in [0.2, 0.25) is 0 Å². The van der Waals surface area contributed by atoms with Crippen LogP contribution < -0.4 is 5.32 Å². The lowest BCUT2D eigenvalue weighted by Gasteiger charge is -2.29. The summed E-state index contributed by atoms with van der Waals surface area (Å²) in [5.41, 5.74) is 5.75. The molecule has 1 aliphatic carbocycles. The van der Waals surface area contributed by atoms with Gasteiger partial charge in [0.15, 0.2) is 0 Å². The molecule has 0 spiro atoms. The SMILES string of the molecule is Cc1cc(C)c(C(C)NC2CCCCCC2C)c(C)c1. The molecule has 1 saturated carbocycles. The summed E-state index contributed by atoms with van der Waals surface area (Å²) in [6, 6.07) is 5.78. The Morgan fingerprint density at radius 3 is 2.25 bits per heavy atom. The summed E-state index contributed by atoms with van der Waals surface area (Å²) in [6.45, 7) is 11.5. The monoisotopic (exact) mass is 273 g/mol. The van der Waals surface area contributed by atoms with E-state index in [0.717, 1.165) is 5.92 Å². The summed E-state index contributed by atoms with van der Waals surface area (Å²) in [5.74, 6) is 0.811. The van der Waals surface area contributed by atoms with E-state index in [1.54, 1.807) is 0 Å². The summed E-state index contributed by atoms with van der Waals surface area (Å²) in [7, 11) is 0. The maximum atomic E-state index is 3.93. The maximum Gasteiger partial charge on any atom is 0.0299 e. The standard InChI is InChI=1S/C19H31N/c1-13-11-15(3)19(16(4)12-13)17(5)20-18-10-8-6-7-9-14(18)2/h11-12,14,17-18,20H,6-10H2,1-5H3. The van der Waals surface area contributed by atoms with Crippen LogP contribution in [-0.4, -0.2) is 6.04 Å². The molecule has 0 aromatic heterocycles. The second-order valence-electron chi connectivity index (χ2n) is 6.92. The predicted molar refractivity (Wildman–Crippen MR) is 88.2 cm³/mol. The number of rotatable bonds is 3. The van der Waals surface area contributed by atoms with E-state index < -0.39 is 0 Å². The zero-order chi connectivity index (χ0) is 14.7. The average molecular weight is 273 g/mol. The Balaban J connectivity index is 2.13. The van der Waals surface area contributed by atoms with E-state index in [4.69, 9.17) is 0 Å². The molecule has 0 bridgehead atoms. The molecule has 1 fully saturated rings. The second-order valence-corrected chi connectivity index (χ2v) is 6.92. The lowest BCUT2D eigenvalue weighted by atomic mass is 9.91. The van der Waals surface area contributed by atoms with Crippen LogP contribution in [0.15, 0.2) is 12.1 Å². The van der Waals surface area contributed by atoms with Crippen LogP contribution in [0.1, 0.15) is 74.2 Å². The first-order chi connectivity index (χ1) is 9.49. The topological polar surface area (TPSA) is 12.0 Å². The molecule has 1 aromatic rings. The van der Waals surface area contributed by atoms with Gasteiger partial charge in [-0.05, 0) is 63.1 Å². The molecular weight excluding hydrogens is 242 g/mol. The van der Waals surface area contributed by atoms with Gasteiger partial charge in [0.25, 0.3) is 0 Å². The fourth-order valence-electron chi connectivity index (χ4n) is 4.02. The van der Waals surface area contributed by atoms with Crippen molar-refractivity contribution in [3.63, 3.8) is 0 Å². The maximum absolute atomic E-state index is 3.93. The molecule has 1 aromatic carbocycles. The molecule has 1 aliphatic rings.